The minimum absolute atomic E-state index is 0.104. The highest BCUT2D eigenvalue weighted by Gasteiger charge is 2.24. The van der Waals surface area contributed by atoms with Crippen LogP contribution in [-0.4, -0.2) is 22.3 Å². The molecule has 4 nitrogen and oxygen atoms in total. The molecule has 1 fully saturated rings. The monoisotopic (exact) mass is 370 g/mol. The van der Waals surface area contributed by atoms with E-state index in [-0.39, 0.29) is 11.8 Å². The predicted molar refractivity (Wildman–Crippen MR) is 105 cm³/mol. The average Bonchev–Trinajstić information content (AvgIpc) is 3.17. The lowest BCUT2D eigenvalue weighted by atomic mass is 9.97. The van der Waals surface area contributed by atoms with Crippen molar-refractivity contribution in [3.05, 3.63) is 57.1 Å². The highest BCUT2D eigenvalue weighted by molar-refractivity contribution is 7.98. The Bertz CT molecular complexity index is 823. The molecule has 5 heteroatoms. The number of nitrogens with zero attached hydrogens (tertiary/aromatic N) is 2. The number of aromatic nitrogens is 2. The van der Waals surface area contributed by atoms with Crippen LogP contribution in [0.2, 0.25) is 0 Å². The summed E-state index contributed by atoms with van der Waals surface area (Å²) in [6.45, 7) is 3.58. The van der Waals surface area contributed by atoms with Crippen LogP contribution in [0.15, 0.2) is 34.1 Å². The van der Waals surface area contributed by atoms with Gasteiger partial charge in [0.15, 0.2) is 0 Å². The Morgan fingerprint density at radius 2 is 2.00 bits per heavy atom. The Labute approximate surface area is 159 Å². The molecule has 0 bridgehead atoms. The van der Waals surface area contributed by atoms with Crippen molar-refractivity contribution in [3.8, 4) is 0 Å². The second-order valence-corrected chi connectivity index (χ2v) is 8.32. The molecule has 0 N–H and O–H groups in total. The Balaban J connectivity index is 1.59. The first kappa shape index (κ1) is 17.8. The molecule has 2 heterocycles. The smallest absolute Gasteiger partial charge is 0.348 e. The van der Waals surface area contributed by atoms with Crippen molar-refractivity contribution in [2.75, 3.05) is 6.61 Å². The Morgan fingerprint density at radius 1 is 1.19 bits per heavy atom. The van der Waals surface area contributed by atoms with Crippen molar-refractivity contribution in [2.45, 2.75) is 68.9 Å². The number of rotatable bonds is 5. The topological polar surface area (TPSA) is 44.1 Å². The van der Waals surface area contributed by atoms with Gasteiger partial charge in [-0.15, -0.1) is 11.8 Å². The fourth-order valence-corrected chi connectivity index (χ4v) is 4.92. The molecule has 1 aromatic carbocycles. The van der Waals surface area contributed by atoms with Gasteiger partial charge in [0.1, 0.15) is 5.03 Å². The fraction of sp³-hybridized carbons (Fsp3) is 0.524. The molecule has 2 aliphatic rings. The van der Waals surface area contributed by atoms with Crippen LogP contribution in [0.3, 0.4) is 0 Å². The lowest BCUT2D eigenvalue weighted by molar-refractivity contribution is 0.0947. The molecule has 0 saturated carbocycles. The molecule has 4 rings (SSSR count). The maximum atomic E-state index is 12.7. The van der Waals surface area contributed by atoms with Crippen LogP contribution in [0, 0.1) is 6.92 Å². The maximum Gasteiger partial charge on any atom is 0.348 e. The van der Waals surface area contributed by atoms with Gasteiger partial charge in [-0.2, -0.15) is 4.98 Å². The van der Waals surface area contributed by atoms with Crippen molar-refractivity contribution >= 4 is 11.8 Å². The summed E-state index contributed by atoms with van der Waals surface area (Å²) in [5.74, 6) is 0.856. The quantitative estimate of drug-likeness (QED) is 0.591. The number of benzene rings is 1. The van der Waals surface area contributed by atoms with E-state index < -0.39 is 0 Å². The van der Waals surface area contributed by atoms with Crippen molar-refractivity contribution in [1.29, 1.82) is 0 Å². The van der Waals surface area contributed by atoms with Crippen molar-refractivity contribution < 1.29 is 4.74 Å². The minimum atomic E-state index is -0.104. The molecule has 1 aliphatic carbocycles. The SMILES string of the molecule is Cc1ccc(CSc2nc(=O)n(CC3CCCO3)c3c2CCCC3)cc1. The Hall–Kier alpha value is -1.59. The summed E-state index contributed by atoms with van der Waals surface area (Å²) in [5, 5.41) is 0.939. The van der Waals surface area contributed by atoms with Crippen LogP contribution in [0.5, 0.6) is 0 Å². The molecule has 0 spiro atoms. The van der Waals surface area contributed by atoms with Gasteiger partial charge in [0, 0.05) is 23.6 Å². The van der Waals surface area contributed by atoms with Crippen LogP contribution in [-0.2, 0) is 29.9 Å². The van der Waals surface area contributed by atoms with Crippen LogP contribution in [0.1, 0.15) is 48.1 Å². The molecule has 26 heavy (non-hydrogen) atoms. The van der Waals surface area contributed by atoms with Crippen LogP contribution >= 0.6 is 11.8 Å². The molecule has 0 amide bonds. The van der Waals surface area contributed by atoms with Crippen LogP contribution in [0.25, 0.3) is 0 Å². The molecular formula is C21H26N2O2S. The fourth-order valence-electron chi connectivity index (χ4n) is 3.88. The van der Waals surface area contributed by atoms with Gasteiger partial charge in [0.05, 0.1) is 12.6 Å². The summed E-state index contributed by atoms with van der Waals surface area (Å²) in [6.07, 6.45) is 6.67. The standard InChI is InChI=1S/C21H26N2O2S/c1-15-8-10-16(11-9-15)14-26-20-18-6-2-3-7-19(18)23(21(24)22-20)13-17-5-4-12-25-17/h8-11,17H,2-7,12-14H2,1H3. The molecule has 1 aliphatic heterocycles. The third kappa shape index (κ3) is 3.89. The van der Waals surface area contributed by atoms with Gasteiger partial charge in [0.2, 0.25) is 0 Å². The second kappa shape index (κ2) is 7.97. The van der Waals surface area contributed by atoms with Crippen molar-refractivity contribution in [3.63, 3.8) is 0 Å². The van der Waals surface area contributed by atoms with E-state index in [1.807, 2.05) is 4.57 Å². The van der Waals surface area contributed by atoms with Gasteiger partial charge in [-0.1, -0.05) is 29.8 Å². The number of fused-ring (bicyclic) bond motifs is 1. The molecule has 138 valence electrons. The molecule has 2 aromatic rings. The maximum absolute atomic E-state index is 12.7. The lowest BCUT2D eigenvalue weighted by Crippen LogP contribution is -2.33. The van der Waals surface area contributed by atoms with Gasteiger partial charge in [0.25, 0.3) is 0 Å². The number of hydrogen-bond donors (Lipinski definition) is 0. The average molecular weight is 371 g/mol. The molecular weight excluding hydrogens is 344 g/mol. The Morgan fingerprint density at radius 3 is 2.77 bits per heavy atom. The highest BCUT2D eigenvalue weighted by atomic mass is 32.2. The summed E-state index contributed by atoms with van der Waals surface area (Å²) in [4.78, 5) is 17.2. The Kier molecular flexibility index (Phi) is 5.46. The summed E-state index contributed by atoms with van der Waals surface area (Å²) >= 11 is 1.70. The molecule has 1 atom stereocenters. The third-order valence-electron chi connectivity index (χ3n) is 5.36. The van der Waals surface area contributed by atoms with Crippen molar-refractivity contribution in [1.82, 2.24) is 9.55 Å². The summed E-state index contributed by atoms with van der Waals surface area (Å²) in [5.41, 5.74) is 4.94. The van der Waals surface area contributed by atoms with Gasteiger partial charge >= 0.3 is 5.69 Å². The van der Waals surface area contributed by atoms with E-state index in [0.717, 1.165) is 49.5 Å². The lowest BCUT2D eigenvalue weighted by Gasteiger charge is -2.24. The van der Waals surface area contributed by atoms with Crippen LogP contribution in [0.4, 0.5) is 0 Å². The zero-order valence-corrected chi connectivity index (χ0v) is 16.2. The van der Waals surface area contributed by atoms with Gasteiger partial charge in [-0.05, 0) is 51.0 Å². The summed E-state index contributed by atoms with van der Waals surface area (Å²) in [6, 6.07) is 8.59. The number of thioether (sulfide) groups is 1. The third-order valence-corrected chi connectivity index (χ3v) is 6.45. The second-order valence-electron chi connectivity index (χ2n) is 7.35. The zero-order chi connectivity index (χ0) is 17.9. The van der Waals surface area contributed by atoms with Crippen molar-refractivity contribution in [2.24, 2.45) is 0 Å². The number of ether oxygens (including phenoxy) is 1. The summed E-state index contributed by atoms with van der Waals surface area (Å²) in [7, 11) is 0. The number of hydrogen-bond acceptors (Lipinski definition) is 4. The van der Waals surface area contributed by atoms with E-state index in [2.05, 4.69) is 36.2 Å². The molecule has 1 aromatic heterocycles. The van der Waals surface area contributed by atoms with Gasteiger partial charge < -0.3 is 4.74 Å². The van der Waals surface area contributed by atoms with E-state index >= 15 is 0 Å². The van der Waals surface area contributed by atoms with Gasteiger partial charge in [-0.25, -0.2) is 4.79 Å². The minimum Gasteiger partial charge on any atom is -0.376 e. The first-order chi connectivity index (χ1) is 12.7. The first-order valence-electron chi connectivity index (χ1n) is 9.63. The molecule has 1 unspecified atom stereocenters. The van der Waals surface area contributed by atoms with E-state index in [4.69, 9.17) is 4.74 Å². The molecule has 1 saturated heterocycles. The number of aryl methyl sites for hydroxylation is 1. The van der Waals surface area contributed by atoms with Gasteiger partial charge in [-0.3, -0.25) is 4.57 Å². The van der Waals surface area contributed by atoms with E-state index in [1.54, 1.807) is 11.8 Å². The van der Waals surface area contributed by atoms with Crippen LogP contribution < -0.4 is 5.69 Å². The summed E-state index contributed by atoms with van der Waals surface area (Å²) < 4.78 is 7.66. The molecule has 0 radical (unpaired) electrons. The normalized spacial score (nSPS) is 19.5. The van der Waals surface area contributed by atoms with E-state index in [0.29, 0.717) is 6.54 Å². The van der Waals surface area contributed by atoms with E-state index in [9.17, 15) is 4.79 Å². The predicted octanol–water partition coefficient (Wildman–Crippen LogP) is 3.90. The van der Waals surface area contributed by atoms with E-state index in [1.165, 1.54) is 28.8 Å². The first-order valence-corrected chi connectivity index (χ1v) is 10.6. The largest absolute Gasteiger partial charge is 0.376 e. The zero-order valence-electron chi connectivity index (χ0n) is 15.4. The highest BCUT2D eigenvalue weighted by Crippen LogP contribution is 2.30.